The molecule has 1 atom stereocenters. The Hall–Kier alpha value is -2.89. The number of hydrogen-bond acceptors (Lipinski definition) is 3. The molecule has 1 unspecified atom stereocenters. The minimum absolute atomic E-state index is 0.273. The average Bonchev–Trinajstić information content (AvgIpc) is 2.83. The number of rotatable bonds is 5. The average molecular weight is 339 g/mol. The first-order valence-corrected chi connectivity index (χ1v) is 8.36. The SMILES string of the molecule is CCCNC(=O)CN1C(=O)NC(C)(c2cccc3ccccc23)C1=O. The molecule has 0 spiro atoms. The second kappa shape index (κ2) is 6.55. The molecule has 2 aromatic carbocycles. The number of hydrogen-bond donors (Lipinski definition) is 2. The summed E-state index contributed by atoms with van der Waals surface area (Å²) in [4.78, 5) is 38.2. The van der Waals surface area contributed by atoms with E-state index in [1.165, 1.54) is 0 Å². The maximum absolute atomic E-state index is 13.0. The van der Waals surface area contributed by atoms with Crippen LogP contribution in [0.5, 0.6) is 0 Å². The molecule has 0 aromatic heterocycles. The van der Waals surface area contributed by atoms with Crippen LogP contribution in [0.4, 0.5) is 4.79 Å². The van der Waals surface area contributed by atoms with Gasteiger partial charge >= 0.3 is 6.03 Å². The van der Waals surface area contributed by atoms with Crippen molar-refractivity contribution in [3.05, 3.63) is 48.0 Å². The van der Waals surface area contributed by atoms with E-state index in [9.17, 15) is 14.4 Å². The molecule has 2 N–H and O–H groups in total. The summed E-state index contributed by atoms with van der Waals surface area (Å²) in [7, 11) is 0. The first kappa shape index (κ1) is 17.0. The lowest BCUT2D eigenvalue weighted by molar-refractivity contribution is -0.134. The summed E-state index contributed by atoms with van der Waals surface area (Å²) in [6.07, 6.45) is 0.791. The van der Waals surface area contributed by atoms with E-state index in [2.05, 4.69) is 10.6 Å². The lowest BCUT2D eigenvalue weighted by Gasteiger charge is -2.24. The molecule has 2 aromatic rings. The topological polar surface area (TPSA) is 78.5 Å². The van der Waals surface area contributed by atoms with Crippen LogP contribution in [0.3, 0.4) is 0 Å². The zero-order valence-electron chi connectivity index (χ0n) is 14.3. The number of carbonyl (C=O) groups is 3. The van der Waals surface area contributed by atoms with E-state index in [4.69, 9.17) is 0 Å². The molecule has 130 valence electrons. The highest BCUT2D eigenvalue weighted by atomic mass is 16.2. The number of fused-ring (bicyclic) bond motifs is 1. The zero-order chi connectivity index (χ0) is 18.0. The van der Waals surface area contributed by atoms with E-state index >= 15 is 0 Å². The quantitative estimate of drug-likeness (QED) is 0.819. The van der Waals surface area contributed by atoms with Gasteiger partial charge in [0, 0.05) is 6.54 Å². The summed E-state index contributed by atoms with van der Waals surface area (Å²) in [5.41, 5.74) is -0.469. The zero-order valence-corrected chi connectivity index (χ0v) is 14.3. The number of imide groups is 1. The van der Waals surface area contributed by atoms with Gasteiger partial charge in [0.15, 0.2) is 0 Å². The third-order valence-corrected chi connectivity index (χ3v) is 4.48. The van der Waals surface area contributed by atoms with E-state index in [-0.39, 0.29) is 12.5 Å². The minimum atomic E-state index is -1.19. The van der Waals surface area contributed by atoms with Crippen molar-refractivity contribution < 1.29 is 14.4 Å². The molecule has 0 aliphatic carbocycles. The fraction of sp³-hybridized carbons (Fsp3) is 0.316. The molecule has 6 heteroatoms. The van der Waals surface area contributed by atoms with Crippen LogP contribution in [0.1, 0.15) is 25.8 Å². The predicted octanol–water partition coefficient (Wildman–Crippen LogP) is 2.13. The number of carbonyl (C=O) groups excluding carboxylic acids is 3. The van der Waals surface area contributed by atoms with Crippen LogP contribution in [-0.4, -0.2) is 35.8 Å². The van der Waals surface area contributed by atoms with E-state index in [1.807, 2.05) is 49.4 Å². The molecule has 6 nitrogen and oxygen atoms in total. The molecule has 0 bridgehead atoms. The van der Waals surface area contributed by atoms with Gasteiger partial charge in [-0.05, 0) is 29.7 Å². The molecular weight excluding hydrogens is 318 g/mol. The van der Waals surface area contributed by atoms with Crippen LogP contribution in [0.2, 0.25) is 0 Å². The lowest BCUT2D eigenvalue weighted by atomic mass is 9.88. The van der Waals surface area contributed by atoms with E-state index < -0.39 is 17.5 Å². The maximum atomic E-state index is 13.0. The van der Waals surface area contributed by atoms with Crippen molar-refractivity contribution in [3.63, 3.8) is 0 Å². The number of nitrogens with zero attached hydrogens (tertiary/aromatic N) is 1. The summed E-state index contributed by atoms with van der Waals surface area (Å²) in [6, 6.07) is 12.8. The Labute approximate surface area is 146 Å². The van der Waals surface area contributed by atoms with Gasteiger partial charge in [-0.15, -0.1) is 0 Å². The van der Waals surface area contributed by atoms with Gasteiger partial charge in [-0.3, -0.25) is 14.5 Å². The Bertz CT molecular complexity index is 843. The van der Waals surface area contributed by atoms with Crippen molar-refractivity contribution in [1.82, 2.24) is 15.5 Å². The van der Waals surface area contributed by atoms with Gasteiger partial charge in [-0.25, -0.2) is 4.79 Å². The van der Waals surface area contributed by atoms with Crippen molar-refractivity contribution in [2.75, 3.05) is 13.1 Å². The van der Waals surface area contributed by atoms with Crippen LogP contribution in [0, 0.1) is 0 Å². The van der Waals surface area contributed by atoms with Crippen molar-refractivity contribution in [3.8, 4) is 0 Å². The Kier molecular flexibility index (Phi) is 4.44. The fourth-order valence-electron chi connectivity index (χ4n) is 3.15. The molecule has 1 fully saturated rings. The monoisotopic (exact) mass is 339 g/mol. The molecule has 25 heavy (non-hydrogen) atoms. The van der Waals surface area contributed by atoms with Crippen LogP contribution < -0.4 is 10.6 Å². The Morgan fingerprint density at radius 3 is 2.64 bits per heavy atom. The highest BCUT2D eigenvalue weighted by molar-refractivity contribution is 6.10. The molecule has 1 aliphatic heterocycles. The van der Waals surface area contributed by atoms with E-state index in [0.29, 0.717) is 6.54 Å². The van der Waals surface area contributed by atoms with Crippen molar-refractivity contribution in [1.29, 1.82) is 0 Å². The second-order valence-corrected chi connectivity index (χ2v) is 6.32. The Balaban J connectivity index is 1.93. The molecule has 1 aliphatic rings. The van der Waals surface area contributed by atoms with Crippen molar-refractivity contribution >= 4 is 28.6 Å². The molecule has 4 amide bonds. The molecule has 0 radical (unpaired) electrons. The van der Waals surface area contributed by atoms with Gasteiger partial charge in [0.2, 0.25) is 5.91 Å². The first-order chi connectivity index (χ1) is 12.0. The molecule has 1 saturated heterocycles. The van der Waals surface area contributed by atoms with Crippen LogP contribution >= 0.6 is 0 Å². The minimum Gasteiger partial charge on any atom is -0.355 e. The smallest absolute Gasteiger partial charge is 0.325 e. The molecule has 3 rings (SSSR count). The lowest BCUT2D eigenvalue weighted by Crippen LogP contribution is -2.43. The van der Waals surface area contributed by atoms with Crippen molar-refractivity contribution in [2.24, 2.45) is 0 Å². The standard InChI is InChI=1S/C19H21N3O3/c1-3-11-20-16(23)12-22-17(24)19(2,21-18(22)25)15-10-6-8-13-7-4-5-9-14(13)15/h4-10H,3,11-12H2,1-2H3,(H,20,23)(H,21,25). The van der Waals surface area contributed by atoms with Gasteiger partial charge in [0.1, 0.15) is 12.1 Å². The van der Waals surface area contributed by atoms with Gasteiger partial charge < -0.3 is 10.6 Å². The van der Waals surface area contributed by atoms with E-state index in [1.54, 1.807) is 6.92 Å². The third kappa shape index (κ3) is 2.95. The predicted molar refractivity (Wildman–Crippen MR) is 94.8 cm³/mol. The Morgan fingerprint density at radius 1 is 1.16 bits per heavy atom. The second-order valence-electron chi connectivity index (χ2n) is 6.32. The number of amides is 4. The number of nitrogens with one attached hydrogen (secondary N) is 2. The third-order valence-electron chi connectivity index (χ3n) is 4.48. The van der Waals surface area contributed by atoms with Gasteiger partial charge in [-0.2, -0.15) is 0 Å². The van der Waals surface area contributed by atoms with Gasteiger partial charge in [-0.1, -0.05) is 49.4 Å². The first-order valence-electron chi connectivity index (χ1n) is 8.36. The summed E-state index contributed by atoms with van der Waals surface area (Å²) >= 11 is 0. The maximum Gasteiger partial charge on any atom is 0.325 e. The highest BCUT2D eigenvalue weighted by Gasteiger charge is 2.50. The summed E-state index contributed by atoms with van der Waals surface area (Å²) in [6.45, 7) is 3.86. The van der Waals surface area contributed by atoms with Gasteiger partial charge in [0.25, 0.3) is 5.91 Å². The van der Waals surface area contributed by atoms with Crippen LogP contribution in [0.15, 0.2) is 42.5 Å². The fourth-order valence-corrected chi connectivity index (χ4v) is 3.15. The van der Waals surface area contributed by atoms with Crippen LogP contribution in [0.25, 0.3) is 10.8 Å². The number of urea groups is 1. The summed E-state index contributed by atoms with van der Waals surface area (Å²) in [5, 5.41) is 7.33. The molecule has 0 saturated carbocycles. The Morgan fingerprint density at radius 2 is 1.88 bits per heavy atom. The summed E-state index contributed by atoms with van der Waals surface area (Å²) in [5.74, 6) is -0.756. The van der Waals surface area contributed by atoms with E-state index in [0.717, 1.165) is 27.7 Å². The molecule has 1 heterocycles. The largest absolute Gasteiger partial charge is 0.355 e. The van der Waals surface area contributed by atoms with Crippen LogP contribution in [-0.2, 0) is 15.1 Å². The van der Waals surface area contributed by atoms with Crippen molar-refractivity contribution in [2.45, 2.75) is 25.8 Å². The highest BCUT2D eigenvalue weighted by Crippen LogP contribution is 2.33. The normalized spacial score (nSPS) is 20.0. The number of benzene rings is 2. The summed E-state index contributed by atoms with van der Waals surface area (Å²) < 4.78 is 0. The van der Waals surface area contributed by atoms with Gasteiger partial charge in [0.05, 0.1) is 0 Å². The molecular formula is C19H21N3O3.